The molecule has 0 fully saturated rings. The molecule has 0 aromatic heterocycles. The largest absolute Gasteiger partial charge is 0.478 e. The molecule has 0 heterocycles. The van der Waals surface area contributed by atoms with Crippen LogP contribution in [0, 0.1) is 6.92 Å². The molecule has 0 atom stereocenters. The minimum Gasteiger partial charge on any atom is -0.478 e. The van der Waals surface area contributed by atoms with E-state index in [4.69, 9.17) is 0 Å². The molecule has 120 valence electrons. The van der Waals surface area contributed by atoms with Gasteiger partial charge in [-0.25, -0.2) is 4.79 Å². The molecule has 0 radical (unpaired) electrons. The van der Waals surface area contributed by atoms with E-state index in [1.54, 1.807) is 0 Å². The summed E-state index contributed by atoms with van der Waals surface area (Å²) in [5.74, 6) is -0.901. The maximum atomic E-state index is 11.2. The number of carboxylic acids is 1. The van der Waals surface area contributed by atoms with E-state index < -0.39 is 5.97 Å². The van der Waals surface area contributed by atoms with Crippen molar-refractivity contribution in [3.8, 4) is 0 Å². The molecule has 3 aromatic carbocycles. The SMILES string of the molecule is Cc1ccc(CCC(=CC(=O)O)c2ccc3ccccc3c2)cc1. The molecular weight excluding hydrogens is 296 g/mol. The quantitative estimate of drug-likeness (QED) is 0.653. The number of hydrogen-bond acceptors (Lipinski definition) is 1. The first-order chi connectivity index (χ1) is 11.6. The Bertz CT molecular complexity index is 889. The fraction of sp³-hybridized carbons (Fsp3) is 0.136. The lowest BCUT2D eigenvalue weighted by Gasteiger charge is -2.09. The van der Waals surface area contributed by atoms with Crippen molar-refractivity contribution in [1.29, 1.82) is 0 Å². The number of fused-ring (bicyclic) bond motifs is 1. The molecule has 2 heteroatoms. The topological polar surface area (TPSA) is 37.3 Å². The van der Waals surface area contributed by atoms with E-state index in [0.29, 0.717) is 6.42 Å². The summed E-state index contributed by atoms with van der Waals surface area (Å²) in [5, 5.41) is 11.5. The molecule has 1 N–H and O–H groups in total. The average Bonchev–Trinajstić information content (AvgIpc) is 2.59. The van der Waals surface area contributed by atoms with Crippen molar-refractivity contribution in [3.63, 3.8) is 0 Å². The van der Waals surface area contributed by atoms with Crippen LogP contribution in [0.3, 0.4) is 0 Å². The number of aliphatic carboxylic acids is 1. The predicted molar refractivity (Wildman–Crippen MR) is 99.1 cm³/mol. The number of allylic oxidation sites excluding steroid dienone is 1. The fourth-order valence-electron chi connectivity index (χ4n) is 2.87. The lowest BCUT2D eigenvalue weighted by Crippen LogP contribution is -1.95. The number of aryl methyl sites for hydroxylation is 2. The van der Waals surface area contributed by atoms with Gasteiger partial charge in [0.15, 0.2) is 0 Å². The first-order valence-corrected chi connectivity index (χ1v) is 8.10. The monoisotopic (exact) mass is 316 g/mol. The number of rotatable bonds is 5. The summed E-state index contributed by atoms with van der Waals surface area (Å²) in [5.41, 5.74) is 4.28. The maximum Gasteiger partial charge on any atom is 0.328 e. The van der Waals surface area contributed by atoms with E-state index in [1.165, 1.54) is 17.2 Å². The fourth-order valence-corrected chi connectivity index (χ4v) is 2.87. The molecule has 0 aliphatic carbocycles. The van der Waals surface area contributed by atoms with Gasteiger partial charge in [-0.3, -0.25) is 0 Å². The summed E-state index contributed by atoms with van der Waals surface area (Å²) in [6, 6.07) is 22.6. The van der Waals surface area contributed by atoms with Gasteiger partial charge in [-0.15, -0.1) is 0 Å². The molecule has 0 aliphatic rings. The summed E-state index contributed by atoms with van der Waals surface area (Å²) in [6.45, 7) is 2.06. The predicted octanol–water partition coefficient (Wildman–Crippen LogP) is 5.25. The zero-order chi connectivity index (χ0) is 16.9. The third kappa shape index (κ3) is 3.90. The molecule has 24 heavy (non-hydrogen) atoms. The molecule has 0 saturated heterocycles. The second-order valence-electron chi connectivity index (χ2n) is 6.06. The summed E-state index contributed by atoms with van der Waals surface area (Å²) >= 11 is 0. The van der Waals surface area contributed by atoms with Gasteiger partial charge < -0.3 is 5.11 Å². The zero-order valence-electron chi connectivity index (χ0n) is 13.7. The first-order valence-electron chi connectivity index (χ1n) is 8.10. The van der Waals surface area contributed by atoms with E-state index in [-0.39, 0.29) is 0 Å². The van der Waals surface area contributed by atoms with Crippen molar-refractivity contribution < 1.29 is 9.90 Å². The van der Waals surface area contributed by atoms with Gasteiger partial charge in [0.25, 0.3) is 0 Å². The van der Waals surface area contributed by atoms with Crippen LogP contribution in [0.15, 0.2) is 72.8 Å². The molecule has 0 amide bonds. The standard InChI is InChI=1S/C22H20O2/c1-16-6-8-17(9-7-16)10-11-21(15-22(23)24)20-13-12-18-4-2-3-5-19(18)14-20/h2-9,12-15H,10-11H2,1H3,(H,23,24). The number of hydrogen-bond donors (Lipinski definition) is 1. The van der Waals surface area contributed by atoms with Crippen LogP contribution < -0.4 is 0 Å². The Balaban J connectivity index is 1.87. The van der Waals surface area contributed by atoms with Crippen LogP contribution in [0.5, 0.6) is 0 Å². The van der Waals surface area contributed by atoms with Crippen molar-refractivity contribution >= 4 is 22.3 Å². The summed E-state index contributed by atoms with van der Waals surface area (Å²) in [7, 11) is 0. The van der Waals surface area contributed by atoms with Crippen molar-refractivity contribution in [2.24, 2.45) is 0 Å². The molecule has 0 spiro atoms. The van der Waals surface area contributed by atoms with Crippen LogP contribution in [0.25, 0.3) is 16.3 Å². The second-order valence-corrected chi connectivity index (χ2v) is 6.06. The highest BCUT2D eigenvalue weighted by atomic mass is 16.4. The molecule has 0 aliphatic heterocycles. The highest BCUT2D eigenvalue weighted by Crippen LogP contribution is 2.25. The van der Waals surface area contributed by atoms with E-state index in [2.05, 4.69) is 49.4 Å². The maximum absolute atomic E-state index is 11.2. The van der Waals surface area contributed by atoms with Gasteiger partial charge in [0.05, 0.1) is 0 Å². The van der Waals surface area contributed by atoms with Gasteiger partial charge in [0, 0.05) is 6.08 Å². The lowest BCUT2D eigenvalue weighted by molar-refractivity contribution is -0.131. The van der Waals surface area contributed by atoms with Crippen LogP contribution in [0.4, 0.5) is 0 Å². The van der Waals surface area contributed by atoms with E-state index in [9.17, 15) is 9.90 Å². The third-order valence-corrected chi connectivity index (χ3v) is 4.22. The van der Waals surface area contributed by atoms with Crippen molar-refractivity contribution in [2.45, 2.75) is 19.8 Å². The van der Waals surface area contributed by atoms with Gasteiger partial charge in [-0.05, 0) is 53.3 Å². The van der Waals surface area contributed by atoms with Gasteiger partial charge in [0.2, 0.25) is 0 Å². The van der Waals surface area contributed by atoms with Crippen molar-refractivity contribution in [3.05, 3.63) is 89.5 Å². The van der Waals surface area contributed by atoms with Crippen LogP contribution in [0.1, 0.15) is 23.1 Å². The second kappa shape index (κ2) is 7.14. The van der Waals surface area contributed by atoms with Gasteiger partial charge in [-0.1, -0.05) is 66.2 Å². The van der Waals surface area contributed by atoms with E-state index in [0.717, 1.165) is 28.3 Å². The Labute approximate surface area is 142 Å². The van der Waals surface area contributed by atoms with Gasteiger partial charge >= 0.3 is 5.97 Å². The van der Waals surface area contributed by atoms with Crippen molar-refractivity contribution in [1.82, 2.24) is 0 Å². The van der Waals surface area contributed by atoms with Crippen LogP contribution >= 0.6 is 0 Å². The van der Waals surface area contributed by atoms with Gasteiger partial charge in [0.1, 0.15) is 0 Å². The summed E-state index contributed by atoms with van der Waals surface area (Å²) < 4.78 is 0. The Hall–Kier alpha value is -2.87. The van der Waals surface area contributed by atoms with E-state index in [1.807, 2.05) is 24.3 Å². The average molecular weight is 316 g/mol. The molecule has 3 rings (SSSR count). The van der Waals surface area contributed by atoms with Crippen LogP contribution in [-0.4, -0.2) is 11.1 Å². The zero-order valence-corrected chi connectivity index (χ0v) is 13.7. The highest BCUT2D eigenvalue weighted by molar-refractivity contribution is 5.92. The Morgan fingerprint density at radius 2 is 1.67 bits per heavy atom. The summed E-state index contributed by atoms with van der Waals surface area (Å²) in [4.78, 5) is 11.2. The van der Waals surface area contributed by atoms with E-state index >= 15 is 0 Å². The minimum absolute atomic E-state index is 0.702. The third-order valence-electron chi connectivity index (χ3n) is 4.22. The smallest absolute Gasteiger partial charge is 0.328 e. The number of benzene rings is 3. The number of carboxylic acid groups (broad SMARTS) is 1. The lowest BCUT2D eigenvalue weighted by atomic mass is 9.95. The molecule has 3 aromatic rings. The van der Waals surface area contributed by atoms with Crippen LogP contribution in [-0.2, 0) is 11.2 Å². The van der Waals surface area contributed by atoms with Crippen molar-refractivity contribution in [2.75, 3.05) is 0 Å². The first kappa shape index (κ1) is 16.0. The van der Waals surface area contributed by atoms with Crippen LogP contribution in [0.2, 0.25) is 0 Å². The Kier molecular flexibility index (Phi) is 4.76. The number of carbonyl (C=O) groups is 1. The molecule has 0 unspecified atom stereocenters. The Morgan fingerprint density at radius 1 is 0.958 bits per heavy atom. The Morgan fingerprint density at radius 3 is 2.38 bits per heavy atom. The normalized spacial score (nSPS) is 11.6. The molecule has 0 bridgehead atoms. The molecular formula is C22H20O2. The highest BCUT2D eigenvalue weighted by Gasteiger charge is 2.06. The van der Waals surface area contributed by atoms with Gasteiger partial charge in [-0.2, -0.15) is 0 Å². The summed E-state index contributed by atoms with van der Waals surface area (Å²) in [6.07, 6.45) is 2.86. The minimum atomic E-state index is -0.901. The molecule has 0 saturated carbocycles. The molecule has 2 nitrogen and oxygen atoms in total.